The number of aliphatic hydroxyl groups is 1. The van der Waals surface area contributed by atoms with E-state index in [1.807, 2.05) is 0 Å². The molecule has 11 heteroatoms. The number of aromatic nitrogens is 3. The Morgan fingerprint density at radius 1 is 1.24 bits per heavy atom. The first-order valence-corrected chi connectivity index (χ1v) is 10.2. The summed E-state index contributed by atoms with van der Waals surface area (Å²) in [5.74, 6) is -1.35. The number of β-amino-alcohol motifs (C(OH)–C–C–N with tert-alkyl or cyclic N) is 1. The molecular formula is C22H22F3N5O3. The van der Waals surface area contributed by atoms with E-state index in [9.17, 15) is 27.9 Å². The third-order valence-corrected chi connectivity index (χ3v) is 5.70. The van der Waals surface area contributed by atoms with Crippen LogP contribution in [0.15, 0.2) is 35.4 Å². The maximum absolute atomic E-state index is 14.6. The molecule has 1 aliphatic heterocycles. The SMILES string of the molecule is C[C@@H](Nc1ncnc2c1cc(C(=O)N1CC(C)(O)C1)c(=O)n2C)c1cccc(C(F)F)c1F. The number of aryl methyl sites for hydroxylation is 1. The summed E-state index contributed by atoms with van der Waals surface area (Å²) in [5.41, 5.74) is -2.14. The number of alkyl halides is 2. The number of anilines is 1. The van der Waals surface area contributed by atoms with Gasteiger partial charge in [0, 0.05) is 12.6 Å². The molecule has 4 rings (SSSR count). The van der Waals surface area contributed by atoms with Crippen LogP contribution in [0.2, 0.25) is 0 Å². The number of hydrogen-bond donors (Lipinski definition) is 2. The largest absolute Gasteiger partial charge is 0.386 e. The highest BCUT2D eigenvalue weighted by molar-refractivity contribution is 5.99. The van der Waals surface area contributed by atoms with Gasteiger partial charge in [0.25, 0.3) is 17.9 Å². The number of likely N-dealkylation sites (tertiary alicyclic amines) is 1. The Hall–Kier alpha value is -3.47. The molecule has 1 aliphatic rings. The number of benzene rings is 1. The molecule has 2 aromatic heterocycles. The van der Waals surface area contributed by atoms with Crippen molar-refractivity contribution in [3.63, 3.8) is 0 Å². The molecule has 3 heterocycles. The number of fused-ring (bicyclic) bond motifs is 1. The highest BCUT2D eigenvalue weighted by Gasteiger charge is 2.40. The second-order valence-electron chi connectivity index (χ2n) is 8.46. The number of rotatable bonds is 5. The van der Waals surface area contributed by atoms with Crippen LogP contribution in [0.5, 0.6) is 0 Å². The summed E-state index contributed by atoms with van der Waals surface area (Å²) in [6.45, 7) is 3.37. The van der Waals surface area contributed by atoms with Crippen molar-refractivity contribution in [1.29, 1.82) is 0 Å². The topological polar surface area (TPSA) is 100 Å². The fourth-order valence-corrected chi connectivity index (χ4v) is 3.98. The Balaban J connectivity index is 1.73. The van der Waals surface area contributed by atoms with E-state index in [4.69, 9.17) is 0 Å². The third kappa shape index (κ3) is 4.04. The summed E-state index contributed by atoms with van der Waals surface area (Å²) in [7, 11) is 1.46. The average Bonchev–Trinajstić information content (AvgIpc) is 2.74. The molecule has 0 unspecified atom stereocenters. The fourth-order valence-electron chi connectivity index (χ4n) is 3.98. The van der Waals surface area contributed by atoms with Crippen molar-refractivity contribution in [1.82, 2.24) is 19.4 Å². The summed E-state index contributed by atoms with van der Waals surface area (Å²) in [5, 5.41) is 13.2. The molecule has 1 saturated heterocycles. The van der Waals surface area contributed by atoms with Gasteiger partial charge < -0.3 is 15.3 Å². The Labute approximate surface area is 186 Å². The molecule has 2 N–H and O–H groups in total. The predicted octanol–water partition coefficient (Wildman–Crippen LogP) is 2.79. The van der Waals surface area contributed by atoms with E-state index in [0.29, 0.717) is 5.39 Å². The first-order chi connectivity index (χ1) is 15.5. The summed E-state index contributed by atoms with van der Waals surface area (Å²) in [6.07, 6.45) is -1.75. The van der Waals surface area contributed by atoms with Crippen LogP contribution < -0.4 is 10.9 Å². The number of hydrogen-bond acceptors (Lipinski definition) is 6. The third-order valence-electron chi connectivity index (χ3n) is 5.70. The number of carbonyl (C=O) groups excluding carboxylic acids is 1. The van der Waals surface area contributed by atoms with Crippen LogP contribution in [0, 0.1) is 5.82 Å². The van der Waals surface area contributed by atoms with Gasteiger partial charge in [-0.3, -0.25) is 14.2 Å². The van der Waals surface area contributed by atoms with Crippen LogP contribution in [0.1, 0.15) is 47.8 Å². The number of halogens is 3. The van der Waals surface area contributed by atoms with E-state index in [2.05, 4.69) is 15.3 Å². The molecule has 33 heavy (non-hydrogen) atoms. The van der Waals surface area contributed by atoms with Gasteiger partial charge >= 0.3 is 0 Å². The lowest BCUT2D eigenvalue weighted by molar-refractivity contribution is -0.0669. The van der Waals surface area contributed by atoms with Crippen molar-refractivity contribution < 1.29 is 23.1 Å². The zero-order valence-corrected chi connectivity index (χ0v) is 18.1. The average molecular weight is 461 g/mol. The molecule has 1 aromatic carbocycles. The van der Waals surface area contributed by atoms with E-state index in [1.54, 1.807) is 13.8 Å². The van der Waals surface area contributed by atoms with Gasteiger partial charge in [-0.2, -0.15) is 0 Å². The van der Waals surface area contributed by atoms with Crippen LogP contribution in [0.3, 0.4) is 0 Å². The predicted molar refractivity (Wildman–Crippen MR) is 115 cm³/mol. The molecule has 1 atom stereocenters. The lowest BCUT2D eigenvalue weighted by atomic mass is 9.96. The van der Waals surface area contributed by atoms with E-state index in [-0.39, 0.29) is 35.7 Å². The fraction of sp³-hybridized carbons (Fsp3) is 0.364. The molecule has 0 aliphatic carbocycles. The molecule has 3 aromatic rings. The van der Waals surface area contributed by atoms with Crippen molar-refractivity contribution in [2.24, 2.45) is 7.05 Å². The minimum absolute atomic E-state index is 0.0171. The van der Waals surface area contributed by atoms with Crippen LogP contribution in [0.4, 0.5) is 19.0 Å². The van der Waals surface area contributed by atoms with Gasteiger partial charge in [-0.1, -0.05) is 18.2 Å². The van der Waals surface area contributed by atoms with Gasteiger partial charge in [-0.15, -0.1) is 0 Å². The number of amides is 1. The second kappa shape index (κ2) is 8.14. The van der Waals surface area contributed by atoms with Gasteiger partial charge in [0.15, 0.2) is 0 Å². The molecule has 0 spiro atoms. The maximum Gasteiger partial charge on any atom is 0.266 e. The molecule has 1 fully saturated rings. The number of nitrogens with one attached hydrogen (secondary N) is 1. The number of pyridine rings is 1. The number of nitrogens with zero attached hydrogens (tertiary/aromatic N) is 4. The Kier molecular flexibility index (Phi) is 5.61. The Morgan fingerprint density at radius 2 is 1.91 bits per heavy atom. The smallest absolute Gasteiger partial charge is 0.266 e. The lowest BCUT2D eigenvalue weighted by Crippen LogP contribution is -2.62. The molecule has 0 radical (unpaired) electrons. The van der Waals surface area contributed by atoms with Crippen LogP contribution >= 0.6 is 0 Å². The van der Waals surface area contributed by atoms with E-state index < -0.39 is 40.9 Å². The molecule has 1 amide bonds. The molecule has 8 nitrogen and oxygen atoms in total. The number of carbonyl (C=O) groups is 1. The van der Waals surface area contributed by atoms with E-state index >= 15 is 0 Å². The molecule has 174 valence electrons. The van der Waals surface area contributed by atoms with Gasteiger partial charge in [0.2, 0.25) is 0 Å². The molecule has 0 saturated carbocycles. The summed E-state index contributed by atoms with van der Waals surface area (Å²) >= 11 is 0. The van der Waals surface area contributed by atoms with Gasteiger partial charge in [-0.05, 0) is 19.9 Å². The summed E-state index contributed by atoms with van der Waals surface area (Å²) in [6, 6.07) is 4.36. The first-order valence-electron chi connectivity index (χ1n) is 10.2. The van der Waals surface area contributed by atoms with Crippen molar-refractivity contribution in [2.45, 2.75) is 31.9 Å². The van der Waals surface area contributed by atoms with Crippen molar-refractivity contribution in [2.75, 3.05) is 18.4 Å². The Morgan fingerprint density at radius 3 is 2.55 bits per heavy atom. The van der Waals surface area contributed by atoms with Crippen molar-refractivity contribution in [3.05, 3.63) is 63.5 Å². The Bertz CT molecular complexity index is 1300. The quantitative estimate of drug-likeness (QED) is 0.606. The molecule has 0 bridgehead atoms. The minimum Gasteiger partial charge on any atom is -0.386 e. The monoisotopic (exact) mass is 461 g/mol. The normalized spacial score (nSPS) is 16.1. The highest BCUT2D eigenvalue weighted by Crippen LogP contribution is 2.30. The van der Waals surface area contributed by atoms with E-state index in [0.717, 1.165) is 6.07 Å². The van der Waals surface area contributed by atoms with Gasteiger partial charge in [0.1, 0.15) is 29.2 Å². The molecular weight excluding hydrogens is 439 g/mol. The van der Waals surface area contributed by atoms with E-state index in [1.165, 1.54) is 41.0 Å². The maximum atomic E-state index is 14.6. The van der Waals surface area contributed by atoms with Crippen LogP contribution in [0.25, 0.3) is 11.0 Å². The standard InChI is InChI=1S/C22H22F3N5O3/c1-11(12-5-4-6-13(16(12)23)17(24)25)28-18-14-7-15(21(32)30-8-22(2,33)9-30)20(31)29(3)19(14)27-10-26-18/h4-7,10-11,17,33H,8-9H2,1-3H3,(H,26,27,28)/t11-/m1/s1. The zero-order chi connectivity index (χ0) is 24.1. The first kappa shape index (κ1) is 22.7. The van der Waals surface area contributed by atoms with Gasteiger partial charge in [0.05, 0.1) is 35.7 Å². The lowest BCUT2D eigenvalue weighted by Gasteiger charge is -2.44. The van der Waals surface area contributed by atoms with Crippen LogP contribution in [-0.2, 0) is 7.05 Å². The van der Waals surface area contributed by atoms with Crippen molar-refractivity contribution >= 4 is 22.8 Å². The van der Waals surface area contributed by atoms with Gasteiger partial charge in [-0.25, -0.2) is 23.1 Å². The zero-order valence-electron chi connectivity index (χ0n) is 18.1. The van der Waals surface area contributed by atoms with Crippen LogP contribution in [-0.4, -0.2) is 49.1 Å². The summed E-state index contributed by atoms with van der Waals surface area (Å²) < 4.78 is 42.0. The summed E-state index contributed by atoms with van der Waals surface area (Å²) in [4.78, 5) is 35.3. The minimum atomic E-state index is -2.96. The highest BCUT2D eigenvalue weighted by atomic mass is 19.3. The second-order valence-corrected chi connectivity index (χ2v) is 8.46. The van der Waals surface area contributed by atoms with Crippen molar-refractivity contribution in [3.8, 4) is 0 Å².